The molecule has 172 valence electrons. The maximum Gasteiger partial charge on any atom is 0.146 e. The zero-order valence-corrected chi connectivity index (χ0v) is 19.4. The van der Waals surface area contributed by atoms with Crippen molar-refractivity contribution in [2.45, 2.75) is 43.8 Å². The molecule has 0 N–H and O–H groups in total. The summed E-state index contributed by atoms with van der Waals surface area (Å²) in [7, 11) is 1.62. The van der Waals surface area contributed by atoms with Gasteiger partial charge in [0.25, 0.3) is 0 Å². The van der Waals surface area contributed by atoms with E-state index >= 15 is 0 Å². The van der Waals surface area contributed by atoms with Gasteiger partial charge in [0.2, 0.25) is 0 Å². The number of nitrogens with zero attached hydrogens (tertiary/aromatic N) is 1. The second kappa shape index (κ2) is 13.5. The Morgan fingerprint density at radius 3 is 1.73 bits per heavy atom. The van der Waals surface area contributed by atoms with E-state index in [0.29, 0.717) is 13.0 Å². The first kappa shape index (κ1) is 24.7. The number of ether oxygens (including phenoxy) is 3. The summed E-state index contributed by atoms with van der Waals surface area (Å²) in [6.07, 6.45) is 3.98. The van der Waals surface area contributed by atoms with Gasteiger partial charge in [-0.25, -0.2) is 0 Å². The molecular weight excluding hydrogens is 410 g/mol. The minimum Gasteiger partial charge on any atom is -0.361 e. The molecule has 0 aromatic heterocycles. The predicted molar refractivity (Wildman–Crippen MR) is 131 cm³/mol. The van der Waals surface area contributed by atoms with Gasteiger partial charge in [0.05, 0.1) is 12.2 Å². The van der Waals surface area contributed by atoms with Crippen molar-refractivity contribution in [3.63, 3.8) is 0 Å². The Hall–Kier alpha value is -2.97. The Kier molecular flexibility index (Phi) is 10.1. The third-order valence-corrected chi connectivity index (χ3v) is 5.78. The predicted octanol–water partition coefficient (Wildman–Crippen LogP) is 6.46. The van der Waals surface area contributed by atoms with Crippen LogP contribution >= 0.6 is 0 Å². The van der Waals surface area contributed by atoms with Crippen LogP contribution in [0.3, 0.4) is 0 Å². The second-order valence-electron chi connectivity index (χ2n) is 8.02. The Morgan fingerprint density at radius 1 is 0.758 bits per heavy atom. The SMILES string of the molecule is COCO[C@H](CCC#N)CCCCOC(c1ccccc1)(c1ccccc1)c1ccccc1. The molecule has 0 fully saturated rings. The highest BCUT2D eigenvalue weighted by Crippen LogP contribution is 2.40. The summed E-state index contributed by atoms with van der Waals surface area (Å²) in [4.78, 5) is 0. The fourth-order valence-electron chi connectivity index (χ4n) is 4.17. The monoisotopic (exact) mass is 443 g/mol. The van der Waals surface area contributed by atoms with Gasteiger partial charge in [-0.2, -0.15) is 5.26 Å². The molecule has 0 aliphatic carbocycles. The van der Waals surface area contributed by atoms with Gasteiger partial charge in [-0.15, -0.1) is 0 Å². The molecule has 0 aliphatic rings. The number of hydrogen-bond acceptors (Lipinski definition) is 4. The molecule has 3 rings (SSSR count). The van der Waals surface area contributed by atoms with Crippen LogP contribution in [0.5, 0.6) is 0 Å². The molecule has 0 spiro atoms. The van der Waals surface area contributed by atoms with Crippen molar-refractivity contribution in [3.05, 3.63) is 108 Å². The lowest BCUT2D eigenvalue weighted by atomic mass is 9.80. The quantitative estimate of drug-likeness (QED) is 0.163. The number of hydrogen-bond donors (Lipinski definition) is 0. The van der Waals surface area contributed by atoms with E-state index < -0.39 is 5.60 Å². The van der Waals surface area contributed by atoms with E-state index in [0.717, 1.165) is 42.4 Å². The number of nitriles is 1. The van der Waals surface area contributed by atoms with E-state index in [2.05, 4.69) is 78.9 Å². The lowest BCUT2D eigenvalue weighted by molar-refractivity contribution is -0.0773. The highest BCUT2D eigenvalue weighted by molar-refractivity contribution is 5.47. The molecule has 4 heteroatoms. The summed E-state index contributed by atoms with van der Waals surface area (Å²) in [6.45, 7) is 0.861. The summed E-state index contributed by atoms with van der Waals surface area (Å²) in [5.41, 5.74) is 2.64. The van der Waals surface area contributed by atoms with Crippen LogP contribution in [0.4, 0.5) is 0 Å². The van der Waals surface area contributed by atoms with Crippen molar-refractivity contribution in [2.75, 3.05) is 20.5 Å². The number of unbranched alkanes of at least 4 members (excludes halogenated alkanes) is 1. The van der Waals surface area contributed by atoms with Gasteiger partial charge in [0.1, 0.15) is 12.4 Å². The fraction of sp³-hybridized carbons (Fsp3) is 0.345. The molecule has 33 heavy (non-hydrogen) atoms. The summed E-state index contributed by atoms with van der Waals surface area (Å²) < 4.78 is 17.6. The van der Waals surface area contributed by atoms with Crippen LogP contribution in [0.25, 0.3) is 0 Å². The van der Waals surface area contributed by atoms with Crippen LogP contribution in [0, 0.1) is 11.3 Å². The molecule has 0 unspecified atom stereocenters. The van der Waals surface area contributed by atoms with E-state index in [9.17, 15) is 0 Å². The average Bonchev–Trinajstić information content (AvgIpc) is 2.89. The maximum atomic E-state index is 8.91. The average molecular weight is 444 g/mol. The normalized spacial score (nSPS) is 12.2. The van der Waals surface area contributed by atoms with Gasteiger partial charge in [-0.05, 0) is 42.4 Å². The minimum absolute atomic E-state index is 0.0340. The van der Waals surface area contributed by atoms with E-state index in [1.807, 2.05) is 18.2 Å². The summed E-state index contributed by atoms with van der Waals surface area (Å²) in [5.74, 6) is 0. The van der Waals surface area contributed by atoms with Crippen LogP contribution < -0.4 is 0 Å². The molecule has 0 saturated heterocycles. The van der Waals surface area contributed by atoms with Gasteiger partial charge in [-0.3, -0.25) is 0 Å². The third kappa shape index (κ3) is 6.76. The first-order valence-electron chi connectivity index (χ1n) is 11.6. The Balaban J connectivity index is 1.78. The number of benzene rings is 3. The van der Waals surface area contributed by atoms with E-state index in [1.54, 1.807) is 7.11 Å². The smallest absolute Gasteiger partial charge is 0.146 e. The first-order valence-corrected chi connectivity index (χ1v) is 11.6. The van der Waals surface area contributed by atoms with Gasteiger partial charge in [-0.1, -0.05) is 91.0 Å². The van der Waals surface area contributed by atoms with Gasteiger partial charge < -0.3 is 14.2 Å². The van der Waals surface area contributed by atoms with Crippen molar-refractivity contribution in [3.8, 4) is 6.07 Å². The molecule has 3 aromatic rings. The van der Waals surface area contributed by atoms with Gasteiger partial charge >= 0.3 is 0 Å². The first-order chi connectivity index (χ1) is 16.3. The Bertz CT molecular complexity index is 858. The van der Waals surface area contributed by atoms with Crippen molar-refractivity contribution >= 4 is 0 Å². The molecular formula is C29H33NO3. The topological polar surface area (TPSA) is 51.5 Å². The molecule has 0 saturated carbocycles. The molecule has 1 atom stereocenters. The number of methoxy groups -OCH3 is 1. The lowest BCUT2D eigenvalue weighted by Gasteiger charge is -2.36. The van der Waals surface area contributed by atoms with E-state index in [4.69, 9.17) is 19.5 Å². The summed E-state index contributed by atoms with van der Waals surface area (Å²) in [6, 6.07) is 33.5. The van der Waals surface area contributed by atoms with Crippen molar-refractivity contribution in [2.24, 2.45) is 0 Å². The Morgan fingerprint density at radius 2 is 1.27 bits per heavy atom. The van der Waals surface area contributed by atoms with E-state index in [1.165, 1.54) is 0 Å². The standard InChI is InChI=1S/C29H33NO3/c1-31-24-32-28(21-13-22-30)20-11-12-23-33-29(25-14-5-2-6-15-25,26-16-7-3-8-17-26)27-18-9-4-10-19-27/h2-10,14-19,28H,11-13,20-21,23-24H2,1H3/t28-/m0/s1. The summed E-state index contributed by atoms with van der Waals surface area (Å²) in [5, 5.41) is 8.91. The van der Waals surface area contributed by atoms with Crippen LogP contribution in [0.2, 0.25) is 0 Å². The molecule has 3 aromatic carbocycles. The zero-order valence-electron chi connectivity index (χ0n) is 19.4. The van der Waals surface area contributed by atoms with Crippen molar-refractivity contribution in [1.82, 2.24) is 0 Å². The van der Waals surface area contributed by atoms with Gasteiger partial charge in [0, 0.05) is 20.1 Å². The zero-order chi connectivity index (χ0) is 23.2. The van der Waals surface area contributed by atoms with Crippen LogP contribution in [0.1, 0.15) is 48.8 Å². The van der Waals surface area contributed by atoms with Crippen molar-refractivity contribution in [1.29, 1.82) is 5.26 Å². The molecule has 0 amide bonds. The molecule has 0 heterocycles. The van der Waals surface area contributed by atoms with E-state index in [-0.39, 0.29) is 12.9 Å². The fourth-order valence-corrected chi connectivity index (χ4v) is 4.17. The second-order valence-corrected chi connectivity index (χ2v) is 8.02. The largest absolute Gasteiger partial charge is 0.361 e. The maximum absolute atomic E-state index is 8.91. The highest BCUT2D eigenvalue weighted by atomic mass is 16.7. The minimum atomic E-state index is -0.684. The van der Waals surface area contributed by atoms with Crippen LogP contribution in [-0.4, -0.2) is 26.6 Å². The van der Waals surface area contributed by atoms with Gasteiger partial charge in [0.15, 0.2) is 0 Å². The lowest BCUT2D eigenvalue weighted by Crippen LogP contribution is -2.33. The van der Waals surface area contributed by atoms with Crippen molar-refractivity contribution < 1.29 is 14.2 Å². The molecule has 4 nitrogen and oxygen atoms in total. The molecule has 0 radical (unpaired) electrons. The number of rotatable bonds is 14. The molecule has 0 bridgehead atoms. The molecule has 0 aliphatic heterocycles. The third-order valence-electron chi connectivity index (χ3n) is 5.78. The van der Waals surface area contributed by atoms with Crippen LogP contribution in [0.15, 0.2) is 91.0 Å². The summed E-state index contributed by atoms with van der Waals surface area (Å²) >= 11 is 0. The van der Waals surface area contributed by atoms with Crippen LogP contribution in [-0.2, 0) is 19.8 Å². The highest BCUT2D eigenvalue weighted by Gasteiger charge is 2.37. The Labute approximate surface area is 197 Å².